The second kappa shape index (κ2) is 8.90. The largest absolute Gasteiger partial charge is 0.507 e. The third kappa shape index (κ3) is 3.48. The number of hydrogen-bond donors (Lipinski definition) is 1. The molecular formula is C37H26O. The van der Waals surface area contributed by atoms with Crippen LogP contribution in [0.15, 0.2) is 133 Å². The van der Waals surface area contributed by atoms with Crippen molar-refractivity contribution in [3.05, 3.63) is 139 Å². The van der Waals surface area contributed by atoms with E-state index in [0.29, 0.717) is 5.75 Å². The van der Waals surface area contributed by atoms with Gasteiger partial charge in [-0.3, -0.25) is 0 Å². The lowest BCUT2D eigenvalue weighted by Gasteiger charge is -2.16. The molecule has 0 atom stereocenters. The molecule has 38 heavy (non-hydrogen) atoms. The Labute approximate surface area is 222 Å². The summed E-state index contributed by atoms with van der Waals surface area (Å²) in [5.41, 5.74) is 7.25. The molecule has 0 saturated heterocycles. The summed E-state index contributed by atoms with van der Waals surface area (Å²) in [5.74, 6) is 0.315. The molecule has 0 spiro atoms. The van der Waals surface area contributed by atoms with Crippen molar-refractivity contribution in [3.8, 4) is 39.1 Å². The van der Waals surface area contributed by atoms with Gasteiger partial charge >= 0.3 is 0 Å². The normalized spacial score (nSPS) is 11.4. The van der Waals surface area contributed by atoms with Gasteiger partial charge in [0.05, 0.1) is 0 Å². The first kappa shape index (κ1) is 22.3. The van der Waals surface area contributed by atoms with Crippen LogP contribution in [-0.2, 0) is 0 Å². The summed E-state index contributed by atoms with van der Waals surface area (Å²) in [4.78, 5) is 0. The summed E-state index contributed by atoms with van der Waals surface area (Å²) < 4.78 is 0. The average Bonchev–Trinajstić information content (AvgIpc) is 2.98. The molecule has 7 rings (SSSR count). The highest BCUT2D eigenvalue weighted by molar-refractivity contribution is 6.25. The highest BCUT2D eigenvalue weighted by atomic mass is 16.3. The summed E-state index contributed by atoms with van der Waals surface area (Å²) >= 11 is 0. The maximum Gasteiger partial charge on any atom is 0.131 e. The molecule has 0 aromatic heterocycles. The molecule has 0 saturated carbocycles. The lowest BCUT2D eigenvalue weighted by atomic mass is 9.88. The molecule has 0 aliphatic carbocycles. The van der Waals surface area contributed by atoms with Crippen LogP contribution in [0.5, 0.6) is 5.75 Å². The van der Waals surface area contributed by atoms with E-state index in [1.54, 1.807) is 0 Å². The fourth-order valence-corrected chi connectivity index (χ4v) is 5.93. The van der Waals surface area contributed by atoms with Crippen LogP contribution in [-0.4, -0.2) is 5.11 Å². The second-order valence-electron chi connectivity index (χ2n) is 9.90. The second-order valence-corrected chi connectivity index (χ2v) is 9.90. The third-order valence-electron chi connectivity index (χ3n) is 7.80. The molecule has 7 aromatic carbocycles. The van der Waals surface area contributed by atoms with Gasteiger partial charge in [0, 0.05) is 11.1 Å². The van der Waals surface area contributed by atoms with E-state index >= 15 is 0 Å². The SMILES string of the molecule is Cc1c(-c2ccc3c4ccccc4c4ccccc4c3c2)cccc1-c1cccc(-c2ccccc2)c1O. The van der Waals surface area contributed by atoms with Gasteiger partial charge in [0.2, 0.25) is 0 Å². The Morgan fingerprint density at radius 2 is 0.868 bits per heavy atom. The Morgan fingerprint density at radius 1 is 0.368 bits per heavy atom. The zero-order valence-electron chi connectivity index (χ0n) is 21.1. The predicted molar refractivity (Wildman–Crippen MR) is 162 cm³/mol. The van der Waals surface area contributed by atoms with Gasteiger partial charge in [0.25, 0.3) is 0 Å². The van der Waals surface area contributed by atoms with Crippen molar-refractivity contribution in [1.82, 2.24) is 0 Å². The van der Waals surface area contributed by atoms with Gasteiger partial charge in [-0.05, 0) is 73.1 Å². The Balaban J connectivity index is 1.43. The molecule has 180 valence electrons. The van der Waals surface area contributed by atoms with Gasteiger partial charge in [-0.25, -0.2) is 0 Å². The number of fused-ring (bicyclic) bond motifs is 6. The minimum Gasteiger partial charge on any atom is -0.507 e. The molecule has 7 aromatic rings. The van der Waals surface area contributed by atoms with E-state index in [4.69, 9.17) is 0 Å². The monoisotopic (exact) mass is 486 g/mol. The van der Waals surface area contributed by atoms with Crippen LogP contribution in [0.2, 0.25) is 0 Å². The molecule has 0 unspecified atom stereocenters. The van der Waals surface area contributed by atoms with E-state index in [1.807, 2.05) is 48.5 Å². The zero-order chi connectivity index (χ0) is 25.6. The van der Waals surface area contributed by atoms with Crippen LogP contribution in [0.1, 0.15) is 5.56 Å². The number of hydrogen-bond acceptors (Lipinski definition) is 1. The van der Waals surface area contributed by atoms with Gasteiger partial charge in [-0.1, -0.05) is 127 Å². The van der Waals surface area contributed by atoms with Crippen molar-refractivity contribution >= 4 is 32.3 Å². The highest BCUT2D eigenvalue weighted by Gasteiger charge is 2.16. The number of phenolic OH excluding ortho intramolecular Hbond substituents is 1. The predicted octanol–water partition coefficient (Wildman–Crippen LogP) is 10.2. The van der Waals surface area contributed by atoms with E-state index in [-0.39, 0.29) is 0 Å². The Kier molecular flexibility index (Phi) is 5.23. The van der Waals surface area contributed by atoms with Gasteiger partial charge in [-0.2, -0.15) is 0 Å². The molecule has 0 fully saturated rings. The Hall–Kier alpha value is -4.88. The van der Waals surface area contributed by atoms with E-state index < -0.39 is 0 Å². The Bertz CT molecular complexity index is 1950. The lowest BCUT2D eigenvalue weighted by Crippen LogP contribution is -1.91. The summed E-state index contributed by atoms with van der Waals surface area (Å²) in [6.07, 6.45) is 0. The molecule has 0 aliphatic heterocycles. The number of rotatable bonds is 3. The number of aromatic hydroxyl groups is 1. The number of para-hydroxylation sites is 1. The van der Waals surface area contributed by atoms with E-state index in [1.165, 1.54) is 43.4 Å². The highest BCUT2D eigenvalue weighted by Crippen LogP contribution is 2.42. The quantitative estimate of drug-likeness (QED) is 0.246. The lowest BCUT2D eigenvalue weighted by molar-refractivity contribution is 0.479. The van der Waals surface area contributed by atoms with Crippen LogP contribution in [0.25, 0.3) is 65.7 Å². The van der Waals surface area contributed by atoms with Gasteiger partial charge in [-0.15, -0.1) is 0 Å². The average molecular weight is 487 g/mol. The minimum absolute atomic E-state index is 0.315. The first-order chi connectivity index (χ1) is 18.7. The van der Waals surface area contributed by atoms with Crippen LogP contribution in [0.4, 0.5) is 0 Å². The first-order valence-electron chi connectivity index (χ1n) is 13.0. The van der Waals surface area contributed by atoms with Crippen LogP contribution in [0.3, 0.4) is 0 Å². The maximum atomic E-state index is 11.3. The third-order valence-corrected chi connectivity index (χ3v) is 7.80. The van der Waals surface area contributed by atoms with E-state index in [2.05, 4.69) is 91.9 Å². The van der Waals surface area contributed by atoms with Crippen LogP contribution in [0, 0.1) is 6.92 Å². The minimum atomic E-state index is 0.315. The molecule has 0 radical (unpaired) electrons. The molecule has 1 heteroatoms. The smallest absolute Gasteiger partial charge is 0.131 e. The van der Waals surface area contributed by atoms with Crippen molar-refractivity contribution in [2.45, 2.75) is 6.92 Å². The van der Waals surface area contributed by atoms with Gasteiger partial charge in [0.1, 0.15) is 5.75 Å². The standard InChI is InChI=1S/C37H26O/c1-24-27(17-9-18-28(24)35-20-10-19-29(37(35)38)25-11-3-2-4-12-25)26-21-22-34-32-15-6-5-13-30(32)31-14-7-8-16-33(31)36(34)23-26/h2-23,38H,1H3. The van der Waals surface area contributed by atoms with Crippen molar-refractivity contribution in [2.75, 3.05) is 0 Å². The fourth-order valence-electron chi connectivity index (χ4n) is 5.93. The number of benzene rings is 7. The molecule has 1 nitrogen and oxygen atoms in total. The molecule has 0 aliphatic rings. The molecule has 1 N–H and O–H groups in total. The van der Waals surface area contributed by atoms with Gasteiger partial charge in [0.15, 0.2) is 0 Å². The molecule has 0 amide bonds. The summed E-state index contributed by atoms with van der Waals surface area (Å²) in [6, 6.07) is 46.6. The zero-order valence-corrected chi connectivity index (χ0v) is 21.1. The van der Waals surface area contributed by atoms with Crippen LogP contribution >= 0.6 is 0 Å². The van der Waals surface area contributed by atoms with Crippen molar-refractivity contribution in [2.24, 2.45) is 0 Å². The summed E-state index contributed by atoms with van der Waals surface area (Å²) in [5, 5.41) is 19.0. The molecular weight excluding hydrogens is 460 g/mol. The molecule has 0 heterocycles. The fraction of sp³-hybridized carbons (Fsp3) is 0.0270. The van der Waals surface area contributed by atoms with Crippen molar-refractivity contribution < 1.29 is 5.11 Å². The number of phenols is 1. The summed E-state index contributed by atoms with van der Waals surface area (Å²) in [7, 11) is 0. The van der Waals surface area contributed by atoms with Gasteiger partial charge < -0.3 is 5.11 Å². The Morgan fingerprint density at radius 3 is 1.53 bits per heavy atom. The van der Waals surface area contributed by atoms with E-state index in [9.17, 15) is 5.11 Å². The van der Waals surface area contributed by atoms with Crippen molar-refractivity contribution in [1.29, 1.82) is 0 Å². The molecule has 0 bridgehead atoms. The summed E-state index contributed by atoms with van der Waals surface area (Å²) in [6.45, 7) is 2.15. The topological polar surface area (TPSA) is 20.2 Å². The van der Waals surface area contributed by atoms with Crippen molar-refractivity contribution in [3.63, 3.8) is 0 Å². The first-order valence-corrected chi connectivity index (χ1v) is 13.0. The van der Waals surface area contributed by atoms with E-state index in [0.717, 1.165) is 27.8 Å². The maximum absolute atomic E-state index is 11.3. The van der Waals surface area contributed by atoms with Crippen LogP contribution < -0.4 is 0 Å².